The van der Waals surface area contributed by atoms with Crippen LogP contribution < -0.4 is 5.69 Å². The van der Waals surface area contributed by atoms with Crippen LogP contribution in [-0.2, 0) is 4.74 Å². The summed E-state index contributed by atoms with van der Waals surface area (Å²) in [6.07, 6.45) is 8.57. The number of fused-ring (bicyclic) bond motifs is 1. The molecule has 0 unspecified atom stereocenters. The number of halogens is 1. The van der Waals surface area contributed by atoms with Crippen LogP contribution in [0.15, 0.2) is 21.4 Å². The van der Waals surface area contributed by atoms with Crippen molar-refractivity contribution < 1.29 is 4.74 Å². The van der Waals surface area contributed by atoms with Crippen molar-refractivity contribution in [3.05, 3.63) is 32.7 Å². The number of aromatic amines is 1. The number of benzene rings is 1. The maximum absolute atomic E-state index is 12.6. The van der Waals surface area contributed by atoms with E-state index in [4.69, 9.17) is 4.74 Å². The summed E-state index contributed by atoms with van der Waals surface area (Å²) in [7, 11) is 0. The van der Waals surface area contributed by atoms with Gasteiger partial charge in [0.15, 0.2) is 0 Å². The van der Waals surface area contributed by atoms with Crippen LogP contribution in [0.2, 0.25) is 0 Å². The normalized spacial score (nSPS) is 24.8. The van der Waals surface area contributed by atoms with Gasteiger partial charge in [-0.05, 0) is 69.6 Å². The molecule has 2 aromatic rings. The summed E-state index contributed by atoms with van der Waals surface area (Å²) in [4.78, 5) is 18.3. The molecule has 0 bridgehead atoms. The summed E-state index contributed by atoms with van der Waals surface area (Å²) in [5, 5.41) is 0. The van der Waals surface area contributed by atoms with Gasteiger partial charge in [-0.1, -0.05) is 22.9 Å². The predicted molar refractivity (Wildman–Crippen MR) is 117 cm³/mol. The average Bonchev–Trinajstić information content (AvgIpc) is 3.02. The molecule has 1 aromatic heterocycles. The van der Waals surface area contributed by atoms with Gasteiger partial charge in [-0.3, -0.25) is 4.57 Å². The summed E-state index contributed by atoms with van der Waals surface area (Å²) in [5.74, 6) is 0. The lowest BCUT2D eigenvalue weighted by molar-refractivity contribution is 0.00254. The van der Waals surface area contributed by atoms with Gasteiger partial charge in [0.25, 0.3) is 0 Å². The molecule has 1 saturated heterocycles. The van der Waals surface area contributed by atoms with Crippen LogP contribution in [0.3, 0.4) is 0 Å². The summed E-state index contributed by atoms with van der Waals surface area (Å²) in [5.41, 5.74) is 3.16. The summed E-state index contributed by atoms with van der Waals surface area (Å²) >= 11 is 3.57. The third-order valence-corrected chi connectivity index (χ3v) is 7.43. The quantitative estimate of drug-likeness (QED) is 0.714. The molecule has 1 N–H and O–H groups in total. The molecule has 2 heterocycles. The SMILES string of the molecule is CCCOC1CCC(N2CCC(n3c(=O)[nH]c4cc(Br)c(C)cc43)CC2)CC1. The Morgan fingerprint density at radius 2 is 1.82 bits per heavy atom. The highest BCUT2D eigenvalue weighted by molar-refractivity contribution is 9.10. The monoisotopic (exact) mass is 449 g/mol. The lowest BCUT2D eigenvalue weighted by atomic mass is 9.90. The maximum Gasteiger partial charge on any atom is 0.326 e. The third kappa shape index (κ3) is 4.10. The van der Waals surface area contributed by atoms with Crippen molar-refractivity contribution in [2.75, 3.05) is 19.7 Å². The number of hydrogen-bond acceptors (Lipinski definition) is 3. The largest absolute Gasteiger partial charge is 0.378 e. The number of imidazole rings is 1. The number of hydrogen-bond donors (Lipinski definition) is 1. The smallest absolute Gasteiger partial charge is 0.326 e. The zero-order valence-corrected chi connectivity index (χ0v) is 18.6. The first-order valence-corrected chi connectivity index (χ1v) is 11.6. The Balaban J connectivity index is 1.39. The standard InChI is InChI=1S/C22H32BrN3O2/c1-3-12-28-18-6-4-16(5-7-18)25-10-8-17(9-11-25)26-21-13-15(2)19(23)14-20(21)24-22(26)27/h13-14,16-18H,3-12H2,1-2H3,(H,24,27). The Morgan fingerprint density at radius 3 is 2.50 bits per heavy atom. The van der Waals surface area contributed by atoms with Crippen LogP contribution in [0, 0.1) is 6.92 Å². The minimum atomic E-state index is 0.0273. The second-order valence-electron chi connectivity index (χ2n) is 8.49. The van der Waals surface area contributed by atoms with Gasteiger partial charge >= 0.3 is 5.69 Å². The van der Waals surface area contributed by atoms with Crippen LogP contribution in [0.4, 0.5) is 0 Å². The fraction of sp³-hybridized carbons (Fsp3) is 0.682. The van der Waals surface area contributed by atoms with E-state index in [0.29, 0.717) is 18.2 Å². The Hall–Kier alpha value is -1.11. The van der Waals surface area contributed by atoms with E-state index < -0.39 is 0 Å². The van der Waals surface area contributed by atoms with Crippen LogP contribution in [-0.4, -0.2) is 46.3 Å². The van der Waals surface area contributed by atoms with Crippen molar-refractivity contribution in [3.8, 4) is 0 Å². The van der Waals surface area contributed by atoms with Crippen LogP contribution in [0.5, 0.6) is 0 Å². The molecular weight excluding hydrogens is 418 g/mol. The van der Waals surface area contributed by atoms with E-state index in [2.05, 4.69) is 45.7 Å². The van der Waals surface area contributed by atoms with Crippen molar-refractivity contribution in [2.24, 2.45) is 0 Å². The van der Waals surface area contributed by atoms with Crippen molar-refractivity contribution in [1.29, 1.82) is 0 Å². The van der Waals surface area contributed by atoms with Gasteiger partial charge in [0.1, 0.15) is 0 Å². The molecule has 1 aromatic carbocycles. The van der Waals surface area contributed by atoms with E-state index in [9.17, 15) is 4.79 Å². The third-order valence-electron chi connectivity index (χ3n) is 6.58. The zero-order valence-electron chi connectivity index (χ0n) is 17.0. The van der Waals surface area contributed by atoms with Crippen molar-refractivity contribution in [1.82, 2.24) is 14.5 Å². The number of rotatable bonds is 5. The maximum atomic E-state index is 12.6. The summed E-state index contributed by atoms with van der Waals surface area (Å²) < 4.78 is 8.99. The average molecular weight is 450 g/mol. The summed E-state index contributed by atoms with van der Waals surface area (Å²) in [6.45, 7) is 7.33. The predicted octanol–water partition coefficient (Wildman–Crippen LogP) is 4.78. The van der Waals surface area contributed by atoms with Gasteiger partial charge in [0.05, 0.1) is 17.1 Å². The van der Waals surface area contributed by atoms with Crippen molar-refractivity contribution >= 4 is 27.0 Å². The topological polar surface area (TPSA) is 50.3 Å². The fourth-order valence-corrected chi connectivity index (χ4v) is 5.33. The molecule has 28 heavy (non-hydrogen) atoms. The molecule has 6 heteroatoms. The summed E-state index contributed by atoms with van der Waals surface area (Å²) in [6, 6.07) is 5.14. The lowest BCUT2D eigenvalue weighted by Crippen LogP contribution is -2.45. The second kappa shape index (κ2) is 8.72. The van der Waals surface area contributed by atoms with Crippen LogP contribution >= 0.6 is 15.9 Å². The molecule has 4 rings (SSSR count). The van der Waals surface area contributed by atoms with Crippen molar-refractivity contribution in [2.45, 2.75) is 77.0 Å². The lowest BCUT2D eigenvalue weighted by Gasteiger charge is -2.41. The Labute approximate surface area is 175 Å². The van der Waals surface area contributed by atoms with Crippen molar-refractivity contribution in [3.63, 3.8) is 0 Å². The molecule has 2 fully saturated rings. The first kappa shape index (κ1) is 20.2. The zero-order chi connectivity index (χ0) is 19.7. The van der Waals surface area contributed by atoms with Gasteiger partial charge < -0.3 is 14.6 Å². The van der Waals surface area contributed by atoms with E-state index >= 15 is 0 Å². The van der Waals surface area contributed by atoms with Crippen LogP contribution in [0.25, 0.3) is 11.0 Å². The molecule has 154 valence electrons. The van der Waals surface area contributed by atoms with Crippen LogP contribution in [0.1, 0.15) is 63.5 Å². The number of ether oxygens (including phenoxy) is 1. The molecule has 1 aliphatic carbocycles. The molecule has 0 radical (unpaired) electrons. The number of nitrogens with one attached hydrogen (secondary N) is 1. The minimum absolute atomic E-state index is 0.0273. The Morgan fingerprint density at radius 1 is 1.11 bits per heavy atom. The van der Waals surface area contributed by atoms with E-state index in [1.165, 1.54) is 31.2 Å². The number of aromatic nitrogens is 2. The molecular formula is C22H32BrN3O2. The molecule has 0 spiro atoms. The fourth-order valence-electron chi connectivity index (χ4n) is 4.98. The van der Waals surface area contributed by atoms with E-state index in [1.807, 2.05) is 10.6 Å². The van der Waals surface area contributed by atoms with Gasteiger partial charge in [-0.2, -0.15) is 0 Å². The number of H-pyrrole nitrogens is 1. The Kier molecular flexibility index (Phi) is 6.28. The highest BCUT2D eigenvalue weighted by Crippen LogP contribution is 2.32. The van der Waals surface area contributed by atoms with Gasteiger partial charge in [-0.15, -0.1) is 0 Å². The second-order valence-corrected chi connectivity index (χ2v) is 9.34. The highest BCUT2D eigenvalue weighted by Gasteiger charge is 2.30. The molecule has 0 amide bonds. The number of piperidine rings is 1. The first-order valence-electron chi connectivity index (χ1n) is 10.8. The number of likely N-dealkylation sites (tertiary alicyclic amines) is 1. The minimum Gasteiger partial charge on any atom is -0.378 e. The molecule has 0 atom stereocenters. The Bertz CT molecular complexity index is 859. The molecule has 2 aliphatic rings. The van der Waals surface area contributed by atoms with E-state index in [0.717, 1.165) is 54.5 Å². The van der Waals surface area contributed by atoms with Gasteiger partial charge in [0, 0.05) is 36.3 Å². The highest BCUT2D eigenvalue weighted by atomic mass is 79.9. The van der Waals surface area contributed by atoms with E-state index in [-0.39, 0.29) is 5.69 Å². The first-order chi connectivity index (χ1) is 13.6. The number of nitrogens with zero attached hydrogens (tertiary/aromatic N) is 2. The molecule has 5 nitrogen and oxygen atoms in total. The molecule has 1 saturated carbocycles. The van der Waals surface area contributed by atoms with E-state index in [1.54, 1.807) is 0 Å². The van der Waals surface area contributed by atoms with Gasteiger partial charge in [-0.25, -0.2) is 4.79 Å². The van der Waals surface area contributed by atoms with Gasteiger partial charge in [0.2, 0.25) is 0 Å². The number of aryl methyl sites for hydroxylation is 1. The molecule has 1 aliphatic heterocycles.